The fourth-order valence-corrected chi connectivity index (χ4v) is 3.33. The van der Waals surface area contributed by atoms with E-state index < -0.39 is 11.7 Å². The van der Waals surface area contributed by atoms with Crippen molar-refractivity contribution in [3.8, 4) is 0 Å². The molecule has 1 atom stereocenters. The number of carbonyl (C=O) groups excluding carboxylic acids is 1. The summed E-state index contributed by atoms with van der Waals surface area (Å²) in [6, 6.07) is 6.35. The van der Waals surface area contributed by atoms with Crippen molar-refractivity contribution < 1.29 is 14.4 Å². The average Bonchev–Trinajstić information content (AvgIpc) is 3.01. The summed E-state index contributed by atoms with van der Waals surface area (Å²) in [4.78, 5) is 29.1. The maximum Gasteiger partial charge on any atom is 0.348 e. The third-order valence-electron chi connectivity index (χ3n) is 3.74. The Morgan fingerprint density at radius 1 is 1.42 bits per heavy atom. The minimum Gasteiger partial charge on any atom is -0.406 e. The highest BCUT2D eigenvalue weighted by atomic mass is 32.1. The SMILES string of the molecule is Cc1csc2nc([C@H](C)NC(=O)/C=C/c3cccc(NO)c3)oc(=O)c12. The predicted molar refractivity (Wildman–Crippen MR) is 100 cm³/mol. The van der Waals surface area contributed by atoms with Crippen LogP contribution in [-0.2, 0) is 4.79 Å². The standard InChI is InChI=1S/C18H17N3O4S/c1-10-9-26-17-15(10)18(23)25-16(20-17)11(2)19-14(22)7-6-12-4-3-5-13(8-12)21-24/h3-9,11,21,24H,1-2H3,(H,19,22)/b7-6+/t11-/m0/s1. The first-order valence-corrected chi connectivity index (χ1v) is 8.73. The number of fused-ring (bicyclic) bond motifs is 1. The molecule has 0 saturated heterocycles. The van der Waals surface area contributed by atoms with E-state index in [1.165, 1.54) is 17.4 Å². The van der Waals surface area contributed by atoms with Crippen molar-refractivity contribution >= 4 is 39.2 Å². The Labute approximate surface area is 153 Å². The Hall–Kier alpha value is -2.97. The Balaban J connectivity index is 1.73. The molecule has 0 aliphatic rings. The number of aromatic nitrogens is 1. The second-order valence-corrected chi connectivity index (χ2v) is 6.60. The Morgan fingerprint density at radius 2 is 2.23 bits per heavy atom. The van der Waals surface area contributed by atoms with Gasteiger partial charge < -0.3 is 9.73 Å². The van der Waals surface area contributed by atoms with Crippen LogP contribution in [0.1, 0.15) is 30.0 Å². The van der Waals surface area contributed by atoms with E-state index in [1.54, 1.807) is 37.3 Å². The molecule has 0 fully saturated rings. The molecule has 2 aromatic heterocycles. The van der Waals surface area contributed by atoms with Crippen molar-refractivity contribution in [1.29, 1.82) is 0 Å². The van der Waals surface area contributed by atoms with E-state index in [0.717, 1.165) is 11.1 Å². The van der Waals surface area contributed by atoms with Gasteiger partial charge in [-0.05, 0) is 48.6 Å². The number of aryl methyl sites for hydroxylation is 1. The number of anilines is 1. The van der Waals surface area contributed by atoms with Gasteiger partial charge in [0.25, 0.3) is 0 Å². The molecule has 0 unspecified atom stereocenters. The van der Waals surface area contributed by atoms with Crippen molar-refractivity contribution in [2.75, 3.05) is 5.48 Å². The van der Waals surface area contributed by atoms with Gasteiger partial charge in [0.1, 0.15) is 10.9 Å². The van der Waals surface area contributed by atoms with Crippen LogP contribution in [-0.4, -0.2) is 16.1 Å². The van der Waals surface area contributed by atoms with Crippen molar-refractivity contribution in [3.05, 3.63) is 63.2 Å². The highest BCUT2D eigenvalue weighted by Crippen LogP contribution is 2.22. The number of rotatable bonds is 5. The average molecular weight is 371 g/mol. The number of nitrogens with one attached hydrogen (secondary N) is 2. The first-order valence-electron chi connectivity index (χ1n) is 7.85. The summed E-state index contributed by atoms with van der Waals surface area (Å²) in [5.41, 5.74) is 3.69. The number of carbonyl (C=O) groups is 1. The van der Waals surface area contributed by atoms with Gasteiger partial charge >= 0.3 is 5.63 Å². The van der Waals surface area contributed by atoms with Crippen molar-refractivity contribution in [2.24, 2.45) is 0 Å². The highest BCUT2D eigenvalue weighted by molar-refractivity contribution is 7.16. The van der Waals surface area contributed by atoms with Crippen LogP contribution in [0, 0.1) is 6.92 Å². The van der Waals surface area contributed by atoms with Crippen LogP contribution in [0.2, 0.25) is 0 Å². The molecule has 2 heterocycles. The minimum absolute atomic E-state index is 0.164. The molecule has 0 bridgehead atoms. The molecule has 3 aromatic rings. The lowest BCUT2D eigenvalue weighted by Gasteiger charge is -2.10. The largest absolute Gasteiger partial charge is 0.406 e. The van der Waals surface area contributed by atoms with Gasteiger partial charge in [-0.2, -0.15) is 0 Å². The molecule has 0 aliphatic heterocycles. The van der Waals surface area contributed by atoms with Crippen LogP contribution in [0.5, 0.6) is 0 Å². The molecule has 1 amide bonds. The quantitative estimate of drug-likeness (QED) is 0.470. The molecule has 7 nitrogen and oxygen atoms in total. The summed E-state index contributed by atoms with van der Waals surface area (Å²) in [5, 5.41) is 13.9. The number of benzene rings is 1. The molecule has 3 rings (SSSR count). The molecule has 0 aliphatic carbocycles. The van der Waals surface area contributed by atoms with E-state index in [1.807, 2.05) is 17.8 Å². The summed E-state index contributed by atoms with van der Waals surface area (Å²) in [6.07, 6.45) is 2.97. The molecular formula is C18H17N3O4S. The third kappa shape index (κ3) is 3.81. The normalized spacial score (nSPS) is 12.4. The van der Waals surface area contributed by atoms with Gasteiger partial charge in [0.2, 0.25) is 11.8 Å². The number of hydrogen-bond acceptors (Lipinski definition) is 7. The zero-order valence-corrected chi connectivity index (χ0v) is 15.0. The lowest BCUT2D eigenvalue weighted by molar-refractivity contribution is -0.117. The Kier molecular flexibility index (Phi) is 5.15. The summed E-state index contributed by atoms with van der Waals surface area (Å²) in [5.74, 6) is -0.190. The summed E-state index contributed by atoms with van der Waals surface area (Å²) >= 11 is 1.37. The van der Waals surface area contributed by atoms with E-state index in [9.17, 15) is 9.59 Å². The lowest BCUT2D eigenvalue weighted by atomic mass is 10.2. The first kappa shape index (κ1) is 17.8. The third-order valence-corrected chi connectivity index (χ3v) is 4.73. The number of hydrogen-bond donors (Lipinski definition) is 3. The molecule has 0 saturated carbocycles. The predicted octanol–water partition coefficient (Wildman–Crippen LogP) is 3.25. The number of nitrogens with zero attached hydrogens (tertiary/aromatic N) is 1. The van der Waals surface area contributed by atoms with Gasteiger partial charge in [-0.1, -0.05) is 12.1 Å². The summed E-state index contributed by atoms with van der Waals surface area (Å²) in [6.45, 7) is 3.52. The van der Waals surface area contributed by atoms with Gasteiger partial charge in [-0.3, -0.25) is 15.5 Å². The van der Waals surface area contributed by atoms with Crippen molar-refractivity contribution in [3.63, 3.8) is 0 Å². The van der Waals surface area contributed by atoms with Crippen molar-refractivity contribution in [1.82, 2.24) is 10.3 Å². The fourth-order valence-electron chi connectivity index (χ4n) is 2.42. The fraction of sp³-hybridized carbons (Fsp3) is 0.167. The van der Waals surface area contributed by atoms with Gasteiger partial charge in [-0.15, -0.1) is 11.3 Å². The lowest BCUT2D eigenvalue weighted by Crippen LogP contribution is -2.26. The van der Waals surface area contributed by atoms with E-state index in [4.69, 9.17) is 9.62 Å². The summed E-state index contributed by atoms with van der Waals surface area (Å²) in [7, 11) is 0. The van der Waals surface area contributed by atoms with Crippen LogP contribution in [0.4, 0.5) is 5.69 Å². The van der Waals surface area contributed by atoms with Crippen LogP contribution in [0.15, 0.2) is 44.9 Å². The molecule has 134 valence electrons. The van der Waals surface area contributed by atoms with Crippen LogP contribution >= 0.6 is 11.3 Å². The van der Waals surface area contributed by atoms with Crippen molar-refractivity contribution in [2.45, 2.75) is 19.9 Å². The smallest absolute Gasteiger partial charge is 0.348 e. The van der Waals surface area contributed by atoms with Gasteiger partial charge in [-0.25, -0.2) is 9.78 Å². The molecule has 1 aromatic carbocycles. The number of thiophene rings is 1. The minimum atomic E-state index is -0.558. The highest BCUT2D eigenvalue weighted by Gasteiger charge is 2.16. The van der Waals surface area contributed by atoms with Crippen LogP contribution in [0.25, 0.3) is 16.3 Å². The maximum atomic E-state index is 12.1. The zero-order chi connectivity index (χ0) is 18.7. The van der Waals surface area contributed by atoms with E-state index in [0.29, 0.717) is 15.9 Å². The maximum absolute atomic E-state index is 12.1. The van der Waals surface area contributed by atoms with E-state index in [-0.39, 0.29) is 11.8 Å². The summed E-state index contributed by atoms with van der Waals surface area (Å²) < 4.78 is 5.25. The van der Waals surface area contributed by atoms with Gasteiger partial charge in [0.15, 0.2) is 0 Å². The van der Waals surface area contributed by atoms with Crippen LogP contribution in [0.3, 0.4) is 0 Å². The Bertz CT molecular complexity index is 1040. The zero-order valence-electron chi connectivity index (χ0n) is 14.1. The van der Waals surface area contributed by atoms with Gasteiger partial charge in [0.05, 0.1) is 11.1 Å². The monoisotopic (exact) mass is 371 g/mol. The second-order valence-electron chi connectivity index (χ2n) is 5.74. The van der Waals surface area contributed by atoms with Crippen LogP contribution < -0.4 is 16.4 Å². The Morgan fingerprint density at radius 3 is 3.00 bits per heavy atom. The molecular weight excluding hydrogens is 354 g/mol. The van der Waals surface area contributed by atoms with Gasteiger partial charge in [0, 0.05) is 6.08 Å². The number of amides is 1. The molecule has 8 heteroatoms. The molecule has 0 spiro atoms. The van der Waals surface area contributed by atoms with E-state index in [2.05, 4.69) is 10.3 Å². The molecule has 3 N–H and O–H groups in total. The molecule has 0 radical (unpaired) electrons. The van der Waals surface area contributed by atoms with E-state index >= 15 is 0 Å². The topological polar surface area (TPSA) is 104 Å². The molecule has 26 heavy (non-hydrogen) atoms. The first-order chi connectivity index (χ1) is 12.5. The second kappa shape index (κ2) is 7.51.